The Hall–Kier alpha value is -3.35. The Bertz CT molecular complexity index is 800. The second kappa shape index (κ2) is 8.66. The van der Waals surface area contributed by atoms with E-state index in [2.05, 4.69) is 0 Å². The number of carboxylic acid groups (broad SMARTS) is 2. The van der Waals surface area contributed by atoms with Crippen LogP contribution in [0.4, 0.5) is 0 Å². The van der Waals surface area contributed by atoms with Crippen molar-refractivity contribution in [2.45, 2.75) is 26.0 Å². The van der Waals surface area contributed by atoms with Crippen LogP contribution in [0, 0.1) is 6.92 Å². The van der Waals surface area contributed by atoms with Gasteiger partial charge in [-0.25, -0.2) is 9.59 Å². The molecule has 0 aromatic heterocycles. The lowest BCUT2D eigenvalue weighted by Gasteiger charge is -2.14. The Morgan fingerprint density at radius 2 is 1.69 bits per heavy atom. The van der Waals surface area contributed by atoms with E-state index in [1.807, 2.05) is 36.5 Å². The molecule has 0 radical (unpaired) electrons. The molecule has 2 rings (SSSR count). The number of carbonyl (C=O) groups excluding carboxylic acids is 1. The van der Waals surface area contributed by atoms with Gasteiger partial charge in [0.05, 0.1) is 0 Å². The van der Waals surface area contributed by atoms with Gasteiger partial charge in [0.1, 0.15) is 18.4 Å². The van der Waals surface area contributed by atoms with Crippen molar-refractivity contribution in [1.29, 1.82) is 0 Å². The van der Waals surface area contributed by atoms with Gasteiger partial charge in [-0.1, -0.05) is 36.4 Å². The summed E-state index contributed by atoms with van der Waals surface area (Å²) in [7, 11) is 0. The average molecular weight is 357 g/mol. The lowest BCUT2D eigenvalue weighted by Crippen LogP contribution is -2.45. The van der Waals surface area contributed by atoms with Crippen LogP contribution in [0.25, 0.3) is 0 Å². The molecule has 0 aliphatic carbocycles. The first-order valence-corrected chi connectivity index (χ1v) is 7.89. The molecule has 0 spiro atoms. The summed E-state index contributed by atoms with van der Waals surface area (Å²) in [6, 6.07) is 13.3. The highest BCUT2D eigenvalue weighted by Crippen LogP contribution is 2.16. The number of ether oxygens (including phenoxy) is 1. The highest BCUT2D eigenvalue weighted by Gasteiger charge is 2.23. The van der Waals surface area contributed by atoms with Crippen LogP contribution in [0.1, 0.15) is 16.7 Å². The highest BCUT2D eigenvalue weighted by molar-refractivity contribution is 6.31. The molecule has 136 valence electrons. The zero-order chi connectivity index (χ0) is 19.1. The van der Waals surface area contributed by atoms with Crippen LogP contribution < -0.4 is 10.1 Å². The first-order chi connectivity index (χ1) is 12.4. The molecule has 2 aromatic rings. The molecule has 0 bridgehead atoms. The fraction of sp³-hybridized carbons (Fsp3) is 0.211. The summed E-state index contributed by atoms with van der Waals surface area (Å²) in [6.45, 7) is 2.41. The number of benzene rings is 2. The second-order valence-corrected chi connectivity index (χ2v) is 5.73. The van der Waals surface area contributed by atoms with Gasteiger partial charge in [0.15, 0.2) is 0 Å². The number of aryl methyl sites for hydroxylation is 1. The van der Waals surface area contributed by atoms with E-state index in [-0.39, 0.29) is 6.42 Å². The molecule has 0 heterocycles. The zero-order valence-electron chi connectivity index (χ0n) is 14.1. The minimum absolute atomic E-state index is 0.0353. The quantitative estimate of drug-likeness (QED) is 0.651. The van der Waals surface area contributed by atoms with E-state index in [0.717, 1.165) is 11.1 Å². The first kappa shape index (κ1) is 19.0. The second-order valence-electron chi connectivity index (χ2n) is 5.73. The number of aliphatic carboxylic acids is 2. The maximum absolute atomic E-state index is 11.2. The lowest BCUT2D eigenvalue weighted by molar-refractivity contribution is -0.152. The van der Waals surface area contributed by atoms with Crippen LogP contribution in [-0.4, -0.2) is 34.1 Å². The van der Waals surface area contributed by atoms with Gasteiger partial charge < -0.3 is 20.3 Å². The number of hydrogen-bond donors (Lipinski definition) is 3. The fourth-order valence-corrected chi connectivity index (χ4v) is 2.31. The molecule has 0 aliphatic heterocycles. The smallest absolute Gasteiger partial charge is 0.394 e. The molecule has 1 unspecified atom stereocenters. The summed E-state index contributed by atoms with van der Waals surface area (Å²) < 4.78 is 5.71. The first-order valence-electron chi connectivity index (χ1n) is 7.89. The average Bonchev–Trinajstić information content (AvgIpc) is 2.61. The van der Waals surface area contributed by atoms with Crippen molar-refractivity contribution in [1.82, 2.24) is 5.32 Å². The summed E-state index contributed by atoms with van der Waals surface area (Å²) in [5, 5.41) is 19.7. The van der Waals surface area contributed by atoms with Crippen LogP contribution in [0.5, 0.6) is 5.75 Å². The molecule has 0 saturated heterocycles. The summed E-state index contributed by atoms with van der Waals surface area (Å²) in [5.41, 5.74) is 2.83. The minimum Gasteiger partial charge on any atom is -0.489 e. The van der Waals surface area contributed by atoms with E-state index in [4.69, 9.17) is 14.9 Å². The van der Waals surface area contributed by atoms with Crippen molar-refractivity contribution in [3.05, 3.63) is 65.2 Å². The molecule has 1 amide bonds. The monoisotopic (exact) mass is 357 g/mol. The number of carbonyl (C=O) groups is 3. The topological polar surface area (TPSA) is 113 Å². The molecule has 2 aromatic carbocycles. The van der Waals surface area contributed by atoms with E-state index in [1.54, 1.807) is 24.3 Å². The minimum atomic E-state index is -1.73. The van der Waals surface area contributed by atoms with Crippen LogP contribution in [-0.2, 0) is 27.4 Å². The van der Waals surface area contributed by atoms with E-state index in [9.17, 15) is 14.4 Å². The Balaban J connectivity index is 1.97. The Morgan fingerprint density at radius 3 is 2.27 bits per heavy atom. The van der Waals surface area contributed by atoms with Gasteiger partial charge in [-0.3, -0.25) is 4.79 Å². The van der Waals surface area contributed by atoms with E-state index < -0.39 is 23.9 Å². The van der Waals surface area contributed by atoms with Crippen molar-refractivity contribution in [3.63, 3.8) is 0 Å². The van der Waals surface area contributed by atoms with Crippen molar-refractivity contribution in [3.8, 4) is 5.75 Å². The summed E-state index contributed by atoms with van der Waals surface area (Å²) in [6.07, 6.45) is -0.0353. The third-order valence-electron chi connectivity index (χ3n) is 3.82. The summed E-state index contributed by atoms with van der Waals surface area (Å²) in [5.74, 6) is -3.76. The third-order valence-corrected chi connectivity index (χ3v) is 3.82. The molecular weight excluding hydrogens is 338 g/mol. The highest BCUT2D eigenvalue weighted by atomic mass is 16.5. The van der Waals surface area contributed by atoms with Crippen LogP contribution in [0.15, 0.2) is 48.5 Å². The summed E-state index contributed by atoms with van der Waals surface area (Å²) >= 11 is 0. The van der Waals surface area contributed by atoms with Crippen LogP contribution in [0.2, 0.25) is 0 Å². The van der Waals surface area contributed by atoms with Gasteiger partial charge in [-0.05, 0) is 35.7 Å². The predicted octanol–water partition coefficient (Wildman–Crippen LogP) is 1.77. The molecule has 7 nitrogen and oxygen atoms in total. The number of nitrogens with one attached hydrogen (secondary N) is 1. The van der Waals surface area contributed by atoms with Crippen molar-refractivity contribution >= 4 is 17.8 Å². The van der Waals surface area contributed by atoms with Gasteiger partial charge in [-0.2, -0.15) is 0 Å². The number of rotatable bonds is 7. The van der Waals surface area contributed by atoms with Gasteiger partial charge >= 0.3 is 17.8 Å². The molecule has 7 heteroatoms. The van der Waals surface area contributed by atoms with Crippen molar-refractivity contribution in [2.75, 3.05) is 0 Å². The Morgan fingerprint density at radius 1 is 1.04 bits per heavy atom. The standard InChI is InChI=1S/C19H19NO6/c1-12-4-2-3-5-14(12)11-26-15-8-6-13(7-9-15)10-16(18(22)23)20-17(21)19(24)25/h2-9,16H,10-11H2,1H3,(H,20,21)(H,22,23)(H,24,25). The maximum atomic E-state index is 11.2. The van der Waals surface area contributed by atoms with Gasteiger partial charge in [-0.15, -0.1) is 0 Å². The normalized spacial score (nSPS) is 11.4. The van der Waals surface area contributed by atoms with E-state index >= 15 is 0 Å². The summed E-state index contributed by atoms with van der Waals surface area (Å²) in [4.78, 5) is 32.9. The molecule has 1 atom stereocenters. The maximum Gasteiger partial charge on any atom is 0.394 e. The van der Waals surface area contributed by atoms with Gasteiger partial charge in [0.25, 0.3) is 0 Å². The van der Waals surface area contributed by atoms with Crippen LogP contribution >= 0.6 is 0 Å². The predicted molar refractivity (Wildman–Crippen MR) is 92.9 cm³/mol. The molecule has 26 heavy (non-hydrogen) atoms. The number of hydrogen-bond acceptors (Lipinski definition) is 4. The zero-order valence-corrected chi connectivity index (χ0v) is 14.1. The van der Waals surface area contributed by atoms with E-state index in [1.165, 1.54) is 0 Å². The van der Waals surface area contributed by atoms with Crippen molar-refractivity contribution < 1.29 is 29.3 Å². The molecular formula is C19H19NO6. The Kier molecular flexibility index (Phi) is 6.32. The number of amides is 1. The molecule has 3 N–H and O–H groups in total. The molecule has 0 saturated carbocycles. The van der Waals surface area contributed by atoms with Crippen LogP contribution in [0.3, 0.4) is 0 Å². The van der Waals surface area contributed by atoms with E-state index in [0.29, 0.717) is 17.9 Å². The third kappa shape index (κ3) is 5.34. The number of carboxylic acids is 2. The van der Waals surface area contributed by atoms with Gasteiger partial charge in [0, 0.05) is 6.42 Å². The van der Waals surface area contributed by atoms with Crippen molar-refractivity contribution in [2.24, 2.45) is 0 Å². The molecule has 0 fully saturated rings. The van der Waals surface area contributed by atoms with Gasteiger partial charge in [0.2, 0.25) is 0 Å². The SMILES string of the molecule is Cc1ccccc1COc1ccc(CC(NC(=O)C(=O)O)C(=O)O)cc1. The lowest BCUT2D eigenvalue weighted by atomic mass is 10.1. The molecule has 0 aliphatic rings. The Labute approximate surface area is 150 Å². The largest absolute Gasteiger partial charge is 0.489 e. The fourth-order valence-electron chi connectivity index (χ4n) is 2.31.